The summed E-state index contributed by atoms with van der Waals surface area (Å²) >= 11 is 0. The maximum absolute atomic E-state index is 13.5. The Balaban J connectivity index is 1.74. The van der Waals surface area contributed by atoms with Crippen LogP contribution in [0.3, 0.4) is 0 Å². The van der Waals surface area contributed by atoms with Crippen molar-refractivity contribution in [3.63, 3.8) is 0 Å². The van der Waals surface area contributed by atoms with E-state index in [4.69, 9.17) is 9.47 Å². The van der Waals surface area contributed by atoms with E-state index in [2.05, 4.69) is 26.1 Å². The van der Waals surface area contributed by atoms with Crippen molar-refractivity contribution in [2.45, 2.75) is 90.3 Å². The molecule has 0 saturated heterocycles. The largest absolute Gasteiger partial charge is 0.497 e. The zero-order valence-electron chi connectivity index (χ0n) is 22.5. The number of benzene rings is 2. The highest BCUT2D eigenvalue weighted by atomic mass is 16.5. The molecule has 1 N–H and O–H groups in total. The molecule has 0 heterocycles. The highest BCUT2D eigenvalue weighted by Gasteiger charge is 2.30. The fourth-order valence-electron chi connectivity index (χ4n) is 4.67. The summed E-state index contributed by atoms with van der Waals surface area (Å²) in [6, 6.07) is 15.1. The van der Waals surface area contributed by atoms with Gasteiger partial charge in [-0.15, -0.1) is 0 Å². The van der Waals surface area contributed by atoms with Gasteiger partial charge in [0, 0.05) is 12.6 Å². The highest BCUT2D eigenvalue weighted by molar-refractivity contribution is 5.88. The molecule has 0 spiro atoms. The second kappa shape index (κ2) is 12.8. The third-order valence-electron chi connectivity index (χ3n) is 6.93. The van der Waals surface area contributed by atoms with Crippen LogP contribution in [-0.4, -0.2) is 42.5 Å². The van der Waals surface area contributed by atoms with E-state index in [0.717, 1.165) is 37.0 Å². The van der Waals surface area contributed by atoms with E-state index in [1.54, 1.807) is 12.0 Å². The lowest BCUT2D eigenvalue weighted by Gasteiger charge is -2.32. The summed E-state index contributed by atoms with van der Waals surface area (Å²) in [5, 5.41) is 3.21. The summed E-state index contributed by atoms with van der Waals surface area (Å²) in [7, 11) is 1.62. The molecule has 0 radical (unpaired) electrons. The molecule has 0 bridgehead atoms. The van der Waals surface area contributed by atoms with Gasteiger partial charge < -0.3 is 19.7 Å². The van der Waals surface area contributed by atoms with Crippen molar-refractivity contribution in [2.75, 3.05) is 13.7 Å². The Hall–Kier alpha value is -3.02. The predicted molar refractivity (Wildman–Crippen MR) is 143 cm³/mol. The molecule has 2 aromatic carbocycles. The van der Waals surface area contributed by atoms with Gasteiger partial charge in [-0.3, -0.25) is 9.59 Å². The Morgan fingerprint density at radius 2 is 1.58 bits per heavy atom. The molecule has 2 aromatic rings. The monoisotopic (exact) mass is 494 g/mol. The van der Waals surface area contributed by atoms with Crippen LogP contribution >= 0.6 is 0 Å². The summed E-state index contributed by atoms with van der Waals surface area (Å²) in [5.41, 5.74) is 2.18. The van der Waals surface area contributed by atoms with Crippen molar-refractivity contribution >= 4 is 11.8 Å². The number of hydrogen-bond acceptors (Lipinski definition) is 4. The van der Waals surface area contributed by atoms with Crippen LogP contribution in [0.25, 0.3) is 0 Å². The molecule has 1 fully saturated rings. The van der Waals surface area contributed by atoms with Crippen molar-refractivity contribution in [3.05, 3.63) is 59.7 Å². The Labute approximate surface area is 216 Å². The van der Waals surface area contributed by atoms with E-state index in [1.165, 1.54) is 12.0 Å². The molecule has 1 atom stereocenters. The zero-order valence-corrected chi connectivity index (χ0v) is 22.5. The van der Waals surface area contributed by atoms with Crippen LogP contribution < -0.4 is 14.8 Å². The first-order valence-corrected chi connectivity index (χ1v) is 13.2. The standard InChI is InChI=1S/C30H42N2O4/c1-6-27(29(34)31-24-10-8-7-9-11-24)32(20-22-12-16-25(35-5)17-13-22)28(33)21-36-26-18-14-23(15-19-26)30(2,3)4/h12-19,24,27H,6-11,20-21H2,1-5H3,(H,31,34). The molecule has 36 heavy (non-hydrogen) atoms. The molecular formula is C30H42N2O4. The van der Waals surface area contributed by atoms with Gasteiger partial charge >= 0.3 is 0 Å². The highest BCUT2D eigenvalue weighted by Crippen LogP contribution is 2.25. The van der Waals surface area contributed by atoms with E-state index in [0.29, 0.717) is 18.7 Å². The third-order valence-corrected chi connectivity index (χ3v) is 6.93. The van der Waals surface area contributed by atoms with Crippen molar-refractivity contribution in [3.8, 4) is 11.5 Å². The summed E-state index contributed by atoms with van der Waals surface area (Å²) in [5.74, 6) is 1.10. The zero-order chi connectivity index (χ0) is 26.1. The minimum absolute atomic E-state index is 0.0452. The first-order valence-electron chi connectivity index (χ1n) is 13.2. The molecule has 0 aromatic heterocycles. The minimum Gasteiger partial charge on any atom is -0.497 e. The molecular weight excluding hydrogens is 452 g/mol. The smallest absolute Gasteiger partial charge is 0.261 e. The minimum atomic E-state index is -0.562. The van der Waals surface area contributed by atoms with E-state index >= 15 is 0 Å². The normalized spacial score (nSPS) is 15.1. The summed E-state index contributed by atoms with van der Waals surface area (Å²) < 4.78 is 11.1. The lowest BCUT2D eigenvalue weighted by molar-refractivity contribution is -0.143. The number of methoxy groups -OCH3 is 1. The number of rotatable bonds is 10. The van der Waals surface area contributed by atoms with Crippen molar-refractivity contribution in [2.24, 2.45) is 0 Å². The molecule has 6 heteroatoms. The van der Waals surface area contributed by atoms with Gasteiger partial charge in [-0.05, 0) is 60.1 Å². The lowest BCUT2D eigenvalue weighted by Crippen LogP contribution is -2.52. The summed E-state index contributed by atoms with van der Waals surface area (Å²) in [4.78, 5) is 28.4. The van der Waals surface area contributed by atoms with E-state index in [-0.39, 0.29) is 29.9 Å². The van der Waals surface area contributed by atoms with Crippen LogP contribution in [0.5, 0.6) is 11.5 Å². The molecule has 6 nitrogen and oxygen atoms in total. The SMILES string of the molecule is CCC(C(=O)NC1CCCCC1)N(Cc1ccc(OC)cc1)C(=O)COc1ccc(C(C)(C)C)cc1. The quantitative estimate of drug-likeness (QED) is 0.465. The number of carbonyl (C=O) groups is 2. The fourth-order valence-corrected chi connectivity index (χ4v) is 4.67. The molecule has 2 amide bonds. The maximum atomic E-state index is 13.5. The van der Waals surface area contributed by atoms with Gasteiger partial charge in [-0.1, -0.05) is 71.2 Å². The molecule has 3 rings (SSSR count). The Kier molecular flexibility index (Phi) is 9.80. The average Bonchev–Trinajstić information content (AvgIpc) is 2.88. The van der Waals surface area contributed by atoms with E-state index in [9.17, 15) is 9.59 Å². The van der Waals surface area contributed by atoms with Crippen LogP contribution in [0.15, 0.2) is 48.5 Å². The maximum Gasteiger partial charge on any atom is 0.261 e. The van der Waals surface area contributed by atoms with Gasteiger partial charge in [0.25, 0.3) is 5.91 Å². The van der Waals surface area contributed by atoms with Gasteiger partial charge in [0.1, 0.15) is 17.5 Å². The van der Waals surface area contributed by atoms with Gasteiger partial charge in [-0.25, -0.2) is 0 Å². The van der Waals surface area contributed by atoms with Gasteiger partial charge in [0.05, 0.1) is 7.11 Å². The number of hydrogen-bond donors (Lipinski definition) is 1. The fraction of sp³-hybridized carbons (Fsp3) is 0.533. The summed E-state index contributed by atoms with van der Waals surface area (Å²) in [6.07, 6.45) is 6.03. The summed E-state index contributed by atoms with van der Waals surface area (Å²) in [6.45, 7) is 8.63. The van der Waals surface area contributed by atoms with Crippen molar-refractivity contribution in [1.82, 2.24) is 10.2 Å². The van der Waals surface area contributed by atoms with Crippen LogP contribution in [0.4, 0.5) is 0 Å². The van der Waals surface area contributed by atoms with Crippen LogP contribution in [0.1, 0.15) is 77.3 Å². The Bertz CT molecular complexity index is 974. The van der Waals surface area contributed by atoms with Crippen LogP contribution in [-0.2, 0) is 21.5 Å². The molecule has 196 valence electrons. The van der Waals surface area contributed by atoms with Gasteiger partial charge in [0.2, 0.25) is 5.91 Å². The average molecular weight is 495 g/mol. The Morgan fingerprint density at radius 3 is 2.14 bits per heavy atom. The Morgan fingerprint density at radius 1 is 0.972 bits per heavy atom. The van der Waals surface area contributed by atoms with Crippen molar-refractivity contribution < 1.29 is 19.1 Å². The third kappa shape index (κ3) is 7.74. The number of amides is 2. The molecule has 1 saturated carbocycles. The predicted octanol–water partition coefficient (Wildman–Crippen LogP) is 5.63. The van der Waals surface area contributed by atoms with Gasteiger partial charge in [0.15, 0.2) is 6.61 Å². The van der Waals surface area contributed by atoms with Crippen LogP contribution in [0, 0.1) is 0 Å². The van der Waals surface area contributed by atoms with Crippen molar-refractivity contribution in [1.29, 1.82) is 0 Å². The van der Waals surface area contributed by atoms with Crippen LogP contribution in [0.2, 0.25) is 0 Å². The second-order valence-electron chi connectivity index (χ2n) is 10.7. The first-order chi connectivity index (χ1) is 17.2. The first kappa shape index (κ1) is 27.6. The van der Waals surface area contributed by atoms with E-state index in [1.807, 2.05) is 55.5 Å². The topological polar surface area (TPSA) is 67.9 Å². The number of nitrogens with one attached hydrogen (secondary N) is 1. The van der Waals surface area contributed by atoms with E-state index < -0.39 is 6.04 Å². The number of ether oxygens (including phenoxy) is 2. The molecule has 1 aliphatic carbocycles. The number of carbonyl (C=O) groups excluding carboxylic acids is 2. The van der Waals surface area contributed by atoms with Gasteiger partial charge in [-0.2, -0.15) is 0 Å². The second-order valence-corrected chi connectivity index (χ2v) is 10.7. The lowest BCUT2D eigenvalue weighted by atomic mass is 9.87. The molecule has 1 aliphatic rings. The molecule has 1 unspecified atom stereocenters. The molecule has 0 aliphatic heterocycles. The number of nitrogens with zero attached hydrogens (tertiary/aromatic N) is 1.